The zero-order valence-electron chi connectivity index (χ0n) is 11.2. The van der Waals surface area contributed by atoms with E-state index in [1.807, 2.05) is 0 Å². The first-order valence-corrected chi connectivity index (χ1v) is 6.92. The summed E-state index contributed by atoms with van der Waals surface area (Å²) in [4.78, 5) is 12.6. The Morgan fingerprint density at radius 2 is 2.18 bits per heavy atom. The molecule has 17 heavy (non-hydrogen) atoms. The Labute approximate surface area is 104 Å². The van der Waals surface area contributed by atoms with E-state index in [9.17, 15) is 9.90 Å². The normalized spacial score (nSPS) is 44.8. The largest absolute Gasteiger partial charge is 0.393 e. The summed E-state index contributed by atoms with van der Waals surface area (Å²) in [5.41, 5.74) is 0.826. The molecule has 0 spiro atoms. The minimum atomic E-state index is -0.211. The molecule has 96 valence electrons. The first-order valence-electron chi connectivity index (χ1n) is 6.92. The quantitative estimate of drug-likeness (QED) is 0.710. The predicted octanol–water partition coefficient (Wildman–Crippen LogP) is 3.10. The SMILES string of the molecule is CC/C=C1\CCC2[C@H](C)C(O)CC[C@]2(C)C1=O. The predicted molar refractivity (Wildman–Crippen MR) is 68.6 cm³/mol. The van der Waals surface area contributed by atoms with E-state index >= 15 is 0 Å². The van der Waals surface area contributed by atoms with Gasteiger partial charge in [-0.25, -0.2) is 0 Å². The van der Waals surface area contributed by atoms with E-state index in [0.29, 0.717) is 11.7 Å². The Morgan fingerprint density at radius 1 is 1.47 bits per heavy atom. The summed E-state index contributed by atoms with van der Waals surface area (Å²) in [7, 11) is 0. The highest BCUT2D eigenvalue weighted by Gasteiger charge is 2.51. The third-order valence-corrected chi connectivity index (χ3v) is 5.00. The van der Waals surface area contributed by atoms with Gasteiger partial charge in [-0.15, -0.1) is 0 Å². The summed E-state index contributed by atoms with van der Waals surface area (Å²) < 4.78 is 0. The Kier molecular flexibility index (Phi) is 3.44. The van der Waals surface area contributed by atoms with Gasteiger partial charge in [0.15, 0.2) is 5.78 Å². The zero-order valence-corrected chi connectivity index (χ0v) is 11.2. The topological polar surface area (TPSA) is 37.3 Å². The molecule has 1 N–H and O–H groups in total. The van der Waals surface area contributed by atoms with Gasteiger partial charge in [0.1, 0.15) is 0 Å². The van der Waals surface area contributed by atoms with E-state index in [1.165, 1.54) is 0 Å². The van der Waals surface area contributed by atoms with Crippen LogP contribution in [0.1, 0.15) is 52.9 Å². The van der Waals surface area contributed by atoms with Crippen LogP contribution in [-0.4, -0.2) is 17.0 Å². The van der Waals surface area contributed by atoms with Crippen LogP contribution in [0, 0.1) is 17.3 Å². The second-order valence-corrected chi connectivity index (χ2v) is 5.99. The number of carbonyl (C=O) groups is 1. The lowest BCUT2D eigenvalue weighted by atomic mass is 9.55. The molecular formula is C15H24O2. The molecule has 2 aliphatic carbocycles. The third-order valence-electron chi connectivity index (χ3n) is 5.00. The molecule has 0 saturated heterocycles. The molecule has 2 unspecified atom stereocenters. The summed E-state index contributed by atoms with van der Waals surface area (Å²) in [6.45, 7) is 6.31. The van der Waals surface area contributed by atoms with Crippen molar-refractivity contribution in [1.82, 2.24) is 0 Å². The Bertz CT molecular complexity index is 345. The standard InChI is InChI=1S/C15H24O2/c1-4-5-11-6-7-12-10(2)13(16)8-9-15(12,3)14(11)17/h5,10,12-13,16H,4,6-9H2,1-3H3/b11-5+/t10-,12?,13?,15-/m0/s1. The molecule has 0 radical (unpaired) electrons. The van der Waals surface area contributed by atoms with Crippen molar-refractivity contribution in [2.45, 2.75) is 59.0 Å². The van der Waals surface area contributed by atoms with Crippen LogP contribution in [0.5, 0.6) is 0 Å². The van der Waals surface area contributed by atoms with Crippen molar-refractivity contribution in [2.24, 2.45) is 17.3 Å². The summed E-state index contributed by atoms with van der Waals surface area (Å²) in [5, 5.41) is 9.96. The first kappa shape index (κ1) is 12.8. The number of Topliss-reactive ketones (excluding diaryl/α,β-unsaturated/α-hetero) is 1. The summed E-state index contributed by atoms with van der Waals surface area (Å²) in [6, 6.07) is 0. The summed E-state index contributed by atoms with van der Waals surface area (Å²) in [5.74, 6) is 0.989. The van der Waals surface area contributed by atoms with Gasteiger partial charge in [0.25, 0.3) is 0 Å². The van der Waals surface area contributed by atoms with Gasteiger partial charge in [0.05, 0.1) is 6.10 Å². The molecule has 2 heteroatoms. The fourth-order valence-corrected chi connectivity index (χ4v) is 3.84. The van der Waals surface area contributed by atoms with Crippen molar-refractivity contribution < 1.29 is 9.90 Å². The number of hydrogen-bond donors (Lipinski definition) is 1. The molecule has 0 aromatic carbocycles. The fourth-order valence-electron chi connectivity index (χ4n) is 3.84. The molecule has 0 aromatic heterocycles. The van der Waals surface area contributed by atoms with Crippen LogP contribution >= 0.6 is 0 Å². The highest BCUT2D eigenvalue weighted by atomic mass is 16.3. The summed E-state index contributed by atoms with van der Waals surface area (Å²) in [6.07, 6.45) is 6.43. The minimum absolute atomic E-state index is 0.210. The average Bonchev–Trinajstić information content (AvgIpc) is 2.30. The molecule has 0 aromatic rings. The van der Waals surface area contributed by atoms with E-state index in [0.717, 1.165) is 37.7 Å². The highest BCUT2D eigenvalue weighted by Crippen LogP contribution is 2.51. The van der Waals surface area contributed by atoms with Crippen molar-refractivity contribution in [3.63, 3.8) is 0 Å². The van der Waals surface area contributed by atoms with E-state index < -0.39 is 0 Å². The second-order valence-electron chi connectivity index (χ2n) is 5.99. The molecule has 2 fully saturated rings. The van der Waals surface area contributed by atoms with E-state index in [2.05, 4.69) is 26.8 Å². The van der Waals surface area contributed by atoms with Gasteiger partial charge < -0.3 is 5.11 Å². The maximum absolute atomic E-state index is 12.6. The van der Waals surface area contributed by atoms with Crippen LogP contribution in [-0.2, 0) is 4.79 Å². The van der Waals surface area contributed by atoms with E-state index in [1.54, 1.807) is 0 Å². The number of fused-ring (bicyclic) bond motifs is 1. The number of rotatable bonds is 1. The van der Waals surface area contributed by atoms with Gasteiger partial charge in [-0.3, -0.25) is 4.79 Å². The molecule has 2 nitrogen and oxygen atoms in total. The Hall–Kier alpha value is -0.630. The van der Waals surface area contributed by atoms with E-state index in [-0.39, 0.29) is 17.4 Å². The number of aliphatic hydroxyl groups excluding tert-OH is 1. The molecule has 2 aliphatic rings. The smallest absolute Gasteiger partial charge is 0.164 e. The number of ketones is 1. The minimum Gasteiger partial charge on any atom is -0.393 e. The number of aliphatic hydroxyl groups is 1. The molecule has 0 bridgehead atoms. The Morgan fingerprint density at radius 3 is 2.82 bits per heavy atom. The average molecular weight is 236 g/mol. The van der Waals surface area contributed by atoms with Crippen LogP contribution < -0.4 is 0 Å². The molecule has 4 atom stereocenters. The maximum atomic E-state index is 12.6. The van der Waals surface area contributed by atoms with E-state index in [4.69, 9.17) is 0 Å². The lowest BCUT2D eigenvalue weighted by molar-refractivity contribution is -0.138. The maximum Gasteiger partial charge on any atom is 0.164 e. The lowest BCUT2D eigenvalue weighted by Gasteiger charge is -2.49. The summed E-state index contributed by atoms with van der Waals surface area (Å²) >= 11 is 0. The van der Waals surface area contributed by atoms with Gasteiger partial charge in [0.2, 0.25) is 0 Å². The second kappa shape index (κ2) is 4.56. The highest BCUT2D eigenvalue weighted by molar-refractivity contribution is 6.00. The van der Waals surface area contributed by atoms with Crippen molar-refractivity contribution in [3.05, 3.63) is 11.6 Å². The molecule has 0 amide bonds. The van der Waals surface area contributed by atoms with Crippen molar-refractivity contribution >= 4 is 5.78 Å². The Balaban J connectivity index is 2.28. The molecule has 2 rings (SSSR count). The van der Waals surface area contributed by atoms with Gasteiger partial charge in [-0.2, -0.15) is 0 Å². The van der Waals surface area contributed by atoms with Crippen LogP contribution in [0.4, 0.5) is 0 Å². The van der Waals surface area contributed by atoms with Crippen LogP contribution in [0.15, 0.2) is 11.6 Å². The molecule has 0 aliphatic heterocycles. The van der Waals surface area contributed by atoms with Gasteiger partial charge in [0, 0.05) is 5.41 Å². The van der Waals surface area contributed by atoms with Crippen LogP contribution in [0.2, 0.25) is 0 Å². The fraction of sp³-hybridized carbons (Fsp3) is 0.800. The van der Waals surface area contributed by atoms with Crippen molar-refractivity contribution in [1.29, 1.82) is 0 Å². The van der Waals surface area contributed by atoms with Gasteiger partial charge in [-0.1, -0.05) is 26.8 Å². The number of allylic oxidation sites excluding steroid dienone is 2. The van der Waals surface area contributed by atoms with Crippen molar-refractivity contribution in [2.75, 3.05) is 0 Å². The number of carbonyl (C=O) groups excluding carboxylic acids is 1. The van der Waals surface area contributed by atoms with Crippen LogP contribution in [0.3, 0.4) is 0 Å². The zero-order chi connectivity index (χ0) is 12.6. The first-order chi connectivity index (χ1) is 8.00. The lowest BCUT2D eigenvalue weighted by Crippen LogP contribution is -2.50. The van der Waals surface area contributed by atoms with Crippen LogP contribution in [0.25, 0.3) is 0 Å². The van der Waals surface area contributed by atoms with Gasteiger partial charge >= 0.3 is 0 Å². The number of hydrogen-bond acceptors (Lipinski definition) is 2. The molecular weight excluding hydrogens is 212 g/mol. The monoisotopic (exact) mass is 236 g/mol. The van der Waals surface area contributed by atoms with Gasteiger partial charge in [-0.05, 0) is 49.5 Å². The molecule has 2 saturated carbocycles. The molecule has 0 heterocycles. The third kappa shape index (κ3) is 1.97. The van der Waals surface area contributed by atoms with Crippen molar-refractivity contribution in [3.8, 4) is 0 Å².